The van der Waals surface area contributed by atoms with E-state index in [1.807, 2.05) is 37.4 Å². The molecule has 0 spiro atoms. The molecule has 0 N–H and O–H groups in total. The van der Waals surface area contributed by atoms with Gasteiger partial charge in [0, 0.05) is 41.5 Å². The van der Waals surface area contributed by atoms with E-state index in [4.69, 9.17) is 0 Å². The maximum absolute atomic E-state index is 14.6. The quantitative estimate of drug-likeness (QED) is 0.735. The van der Waals surface area contributed by atoms with E-state index in [9.17, 15) is 9.18 Å². The summed E-state index contributed by atoms with van der Waals surface area (Å²) in [6, 6.07) is 1.47. The van der Waals surface area contributed by atoms with E-state index in [-0.39, 0.29) is 11.7 Å². The second-order valence-corrected chi connectivity index (χ2v) is 8.49. The normalized spacial score (nSPS) is 24.7. The van der Waals surface area contributed by atoms with Crippen LogP contribution in [0.3, 0.4) is 0 Å². The zero-order chi connectivity index (χ0) is 21.5. The lowest BCUT2D eigenvalue weighted by molar-refractivity contribution is -0.122. The zero-order valence-electron chi connectivity index (χ0n) is 17.8. The van der Waals surface area contributed by atoms with E-state index in [1.54, 1.807) is 27.8 Å². The second-order valence-electron chi connectivity index (χ2n) is 8.49. The molecule has 0 radical (unpaired) electrons. The molecule has 1 amide bonds. The molecule has 6 heteroatoms. The Morgan fingerprint density at radius 1 is 1.13 bits per heavy atom. The fourth-order valence-electron chi connectivity index (χ4n) is 4.46. The number of aryl methyl sites for hydroxylation is 1. The molecule has 0 unspecified atom stereocenters. The van der Waals surface area contributed by atoms with Crippen molar-refractivity contribution < 1.29 is 9.18 Å². The van der Waals surface area contributed by atoms with Crippen molar-refractivity contribution in [3.05, 3.63) is 89.5 Å². The summed E-state index contributed by atoms with van der Waals surface area (Å²) in [6.45, 7) is 3.93. The van der Waals surface area contributed by atoms with Gasteiger partial charge in [-0.3, -0.25) is 9.69 Å². The highest BCUT2D eigenvalue weighted by Gasteiger charge is 2.24. The van der Waals surface area contributed by atoms with Gasteiger partial charge in [0.15, 0.2) is 11.5 Å². The molecular formula is C25H25FN4O. The number of nitrogens with zero attached hydrogens (tertiary/aromatic N) is 4. The lowest BCUT2D eigenvalue weighted by Gasteiger charge is -2.30. The number of hydrogen-bond donors (Lipinski definition) is 0. The fourth-order valence-corrected chi connectivity index (χ4v) is 4.46. The first kappa shape index (κ1) is 19.7. The lowest BCUT2D eigenvalue weighted by Crippen LogP contribution is -2.31. The van der Waals surface area contributed by atoms with Crippen molar-refractivity contribution >= 4 is 17.1 Å². The van der Waals surface area contributed by atoms with E-state index in [1.165, 1.54) is 6.07 Å². The first-order valence-electron chi connectivity index (χ1n) is 10.6. The molecule has 0 aromatic carbocycles. The van der Waals surface area contributed by atoms with Crippen molar-refractivity contribution in [1.82, 2.24) is 19.2 Å². The molecule has 0 bridgehead atoms. The Morgan fingerprint density at radius 2 is 1.94 bits per heavy atom. The number of hydrogen-bond acceptors (Lipinski definition) is 3. The lowest BCUT2D eigenvalue weighted by atomic mass is 9.88. The van der Waals surface area contributed by atoms with Gasteiger partial charge in [0.2, 0.25) is 0 Å². The van der Waals surface area contributed by atoms with Gasteiger partial charge >= 0.3 is 0 Å². The number of pyridine rings is 1. The molecule has 158 valence electrons. The van der Waals surface area contributed by atoms with Gasteiger partial charge in [-0.05, 0) is 69.6 Å². The first-order chi connectivity index (χ1) is 15.0. The van der Waals surface area contributed by atoms with Crippen LogP contribution < -0.4 is 0 Å². The summed E-state index contributed by atoms with van der Waals surface area (Å²) >= 11 is 0. The predicted molar refractivity (Wildman–Crippen MR) is 119 cm³/mol. The average Bonchev–Trinajstić information content (AvgIpc) is 3.13. The van der Waals surface area contributed by atoms with Crippen LogP contribution in [0.2, 0.25) is 0 Å². The highest BCUT2D eigenvalue weighted by Crippen LogP contribution is 2.30. The molecule has 1 saturated heterocycles. The fraction of sp³-hybridized carbons (Fsp3) is 0.280. The number of carbonyl (C=O) groups is 1. The standard InChI is InChI=1S/C25H25FN4O/c1-17-14-29-15-21(12-23(26)25(29)27-17)20-6-7-22-5-3-4-19(13-24(31)30(22)16-20)18-8-10-28(2)11-9-18/h3-7,12-16,18H,8-11H2,1-2H3/b4-3+,19-13+,22-5+. The summed E-state index contributed by atoms with van der Waals surface area (Å²) in [5.74, 6) is -0.0601. The number of amides is 1. The maximum Gasteiger partial charge on any atom is 0.255 e. The number of likely N-dealkylation sites (tertiary alicyclic amines) is 1. The van der Waals surface area contributed by atoms with Crippen LogP contribution in [0.15, 0.2) is 72.4 Å². The molecule has 5 rings (SSSR count). The van der Waals surface area contributed by atoms with Gasteiger partial charge in [0.05, 0.1) is 5.69 Å². The molecule has 2 aromatic heterocycles. The van der Waals surface area contributed by atoms with Crippen LogP contribution in [-0.4, -0.2) is 45.2 Å². The van der Waals surface area contributed by atoms with Crippen LogP contribution in [-0.2, 0) is 4.79 Å². The molecule has 5 nitrogen and oxygen atoms in total. The Labute approximate surface area is 181 Å². The minimum atomic E-state index is -0.382. The Balaban J connectivity index is 1.48. The molecular weight excluding hydrogens is 391 g/mol. The number of aromatic nitrogens is 2. The van der Waals surface area contributed by atoms with E-state index < -0.39 is 0 Å². The number of piperidine rings is 1. The van der Waals surface area contributed by atoms with Gasteiger partial charge < -0.3 is 9.30 Å². The number of rotatable bonds is 2. The van der Waals surface area contributed by atoms with E-state index in [2.05, 4.69) is 23.0 Å². The maximum atomic E-state index is 14.6. The van der Waals surface area contributed by atoms with E-state index in [0.717, 1.165) is 48.5 Å². The highest BCUT2D eigenvalue weighted by molar-refractivity contribution is 5.94. The SMILES string of the molecule is Cc1cn2cc(C3=CN4C(=O)\C=C(C5CCN(C)CC5)/C=C/C=C/4C=C3)cc(F)c2n1. The van der Waals surface area contributed by atoms with Gasteiger partial charge in [0.1, 0.15) is 0 Å². The zero-order valence-corrected chi connectivity index (χ0v) is 17.8. The molecule has 0 aliphatic carbocycles. The van der Waals surface area contributed by atoms with Crippen LogP contribution in [0.25, 0.3) is 11.2 Å². The van der Waals surface area contributed by atoms with Crippen LogP contribution in [0.5, 0.6) is 0 Å². The molecule has 31 heavy (non-hydrogen) atoms. The summed E-state index contributed by atoms with van der Waals surface area (Å²) in [6.07, 6.45) is 19.1. The Kier molecular flexibility index (Phi) is 4.94. The average molecular weight is 417 g/mol. The van der Waals surface area contributed by atoms with Gasteiger partial charge in [-0.15, -0.1) is 0 Å². The second kappa shape index (κ2) is 7.78. The van der Waals surface area contributed by atoms with Crippen LogP contribution in [0, 0.1) is 18.7 Å². The molecule has 3 aliphatic heterocycles. The third-order valence-corrected chi connectivity index (χ3v) is 6.21. The molecule has 2 aromatic rings. The first-order valence-corrected chi connectivity index (χ1v) is 10.6. The van der Waals surface area contributed by atoms with Crippen molar-refractivity contribution in [2.45, 2.75) is 19.8 Å². The highest BCUT2D eigenvalue weighted by atomic mass is 19.1. The van der Waals surface area contributed by atoms with Crippen molar-refractivity contribution in [2.24, 2.45) is 5.92 Å². The third-order valence-electron chi connectivity index (χ3n) is 6.21. The van der Waals surface area contributed by atoms with Crippen LogP contribution >= 0.6 is 0 Å². The monoisotopic (exact) mass is 416 g/mol. The summed E-state index contributed by atoms with van der Waals surface area (Å²) in [5, 5.41) is 0. The third kappa shape index (κ3) is 3.79. The van der Waals surface area contributed by atoms with Crippen molar-refractivity contribution in [1.29, 1.82) is 0 Å². The summed E-state index contributed by atoms with van der Waals surface area (Å²) in [7, 11) is 2.14. The number of carbonyl (C=O) groups excluding carboxylic acids is 1. The molecule has 0 atom stereocenters. The Bertz CT molecular complexity index is 1210. The number of halogens is 1. The van der Waals surface area contributed by atoms with Crippen LogP contribution in [0.4, 0.5) is 4.39 Å². The van der Waals surface area contributed by atoms with Crippen LogP contribution in [0.1, 0.15) is 24.1 Å². The van der Waals surface area contributed by atoms with E-state index >= 15 is 0 Å². The van der Waals surface area contributed by atoms with Crippen molar-refractivity contribution in [3.63, 3.8) is 0 Å². The summed E-state index contributed by atoms with van der Waals surface area (Å²) in [5.41, 5.74) is 4.41. The minimum absolute atomic E-state index is 0.0774. The molecule has 5 heterocycles. The largest absolute Gasteiger partial charge is 0.306 e. The topological polar surface area (TPSA) is 40.9 Å². The minimum Gasteiger partial charge on any atom is -0.306 e. The predicted octanol–water partition coefficient (Wildman–Crippen LogP) is 4.24. The van der Waals surface area contributed by atoms with Gasteiger partial charge in [-0.2, -0.15) is 0 Å². The Hall–Kier alpha value is -3.25. The number of allylic oxidation sites excluding steroid dienone is 7. The smallest absolute Gasteiger partial charge is 0.255 e. The van der Waals surface area contributed by atoms with Crippen molar-refractivity contribution in [2.75, 3.05) is 20.1 Å². The number of fused-ring (bicyclic) bond motifs is 2. The summed E-state index contributed by atoms with van der Waals surface area (Å²) in [4.78, 5) is 21.4. The van der Waals surface area contributed by atoms with Crippen molar-refractivity contribution in [3.8, 4) is 0 Å². The Morgan fingerprint density at radius 3 is 2.74 bits per heavy atom. The molecule has 1 fully saturated rings. The summed E-state index contributed by atoms with van der Waals surface area (Å²) < 4.78 is 16.3. The number of imidazole rings is 1. The molecule has 0 saturated carbocycles. The molecule has 3 aliphatic rings. The van der Waals surface area contributed by atoms with Gasteiger partial charge in [0.25, 0.3) is 5.91 Å². The van der Waals surface area contributed by atoms with Gasteiger partial charge in [-0.25, -0.2) is 9.37 Å². The van der Waals surface area contributed by atoms with E-state index in [0.29, 0.717) is 17.1 Å². The van der Waals surface area contributed by atoms with Gasteiger partial charge in [-0.1, -0.05) is 18.2 Å².